The van der Waals surface area contributed by atoms with E-state index in [1.807, 2.05) is 30.3 Å². The largest absolute Gasteiger partial charge is 0.507 e. The van der Waals surface area contributed by atoms with E-state index in [1.54, 1.807) is 26.0 Å². The van der Waals surface area contributed by atoms with Crippen LogP contribution in [0.1, 0.15) is 35.3 Å². The van der Waals surface area contributed by atoms with Gasteiger partial charge in [0.1, 0.15) is 24.1 Å². The second-order valence-corrected chi connectivity index (χ2v) is 9.42. The fraction of sp³-hybridized carbons (Fsp3) is 0.385. The first-order chi connectivity index (χ1) is 17.2. The van der Waals surface area contributed by atoms with Crippen molar-refractivity contribution in [2.75, 3.05) is 6.54 Å². The van der Waals surface area contributed by atoms with Crippen LogP contribution in [0, 0.1) is 16.0 Å². The van der Waals surface area contributed by atoms with E-state index in [0.29, 0.717) is 0 Å². The highest BCUT2D eigenvalue weighted by atomic mass is 16.8. The van der Waals surface area contributed by atoms with E-state index in [2.05, 4.69) is 0 Å². The van der Waals surface area contributed by atoms with Gasteiger partial charge in [0.2, 0.25) is 18.1 Å². The molecule has 2 aromatic carbocycles. The van der Waals surface area contributed by atoms with Gasteiger partial charge < -0.3 is 24.1 Å². The Morgan fingerprint density at radius 2 is 1.69 bits per heavy atom. The molecule has 5 rings (SSSR count). The number of carbonyl (C=O) groups excluding carboxylic acids is 2. The Morgan fingerprint density at radius 3 is 2.39 bits per heavy atom. The number of Topliss-reactive ketones (excluding diaryl/α,β-unsaturated/α-hetero) is 2. The third-order valence-corrected chi connectivity index (χ3v) is 6.56. The molecule has 2 heterocycles. The molecule has 3 aliphatic rings. The molecule has 36 heavy (non-hydrogen) atoms. The van der Waals surface area contributed by atoms with E-state index in [0.717, 1.165) is 5.56 Å². The summed E-state index contributed by atoms with van der Waals surface area (Å²) in [5.41, 5.74) is 0.661. The van der Waals surface area contributed by atoms with E-state index in [4.69, 9.17) is 18.9 Å². The van der Waals surface area contributed by atoms with Crippen molar-refractivity contribution in [2.24, 2.45) is 5.92 Å². The summed E-state index contributed by atoms with van der Waals surface area (Å²) in [5.74, 6) is -4.62. The number of fused-ring (bicyclic) bond motifs is 2. The Kier molecular flexibility index (Phi) is 6.21. The maximum absolute atomic E-state index is 13.2. The Hall–Kier alpha value is -3.44. The van der Waals surface area contributed by atoms with Gasteiger partial charge in [0.25, 0.3) is 0 Å². The fourth-order valence-electron chi connectivity index (χ4n) is 5.03. The molecular weight excluding hydrogens is 470 g/mol. The van der Waals surface area contributed by atoms with Crippen LogP contribution in [0.25, 0.3) is 5.76 Å². The van der Waals surface area contributed by atoms with Crippen LogP contribution in [-0.2, 0) is 30.3 Å². The van der Waals surface area contributed by atoms with E-state index in [1.165, 1.54) is 12.1 Å². The van der Waals surface area contributed by atoms with E-state index < -0.39 is 65.1 Å². The summed E-state index contributed by atoms with van der Waals surface area (Å²) in [6, 6.07) is 15.4. The van der Waals surface area contributed by atoms with Gasteiger partial charge in [-0.15, -0.1) is 0 Å². The van der Waals surface area contributed by atoms with Crippen molar-refractivity contribution in [1.82, 2.24) is 0 Å². The van der Waals surface area contributed by atoms with Crippen LogP contribution in [0.15, 0.2) is 60.2 Å². The minimum Gasteiger partial charge on any atom is -0.507 e. The average Bonchev–Trinajstić information content (AvgIpc) is 3.32. The Morgan fingerprint density at radius 1 is 1.03 bits per heavy atom. The molecule has 0 amide bonds. The second kappa shape index (κ2) is 9.21. The second-order valence-electron chi connectivity index (χ2n) is 9.42. The highest BCUT2D eigenvalue weighted by molar-refractivity contribution is 6.52. The molecule has 0 unspecified atom stereocenters. The molecule has 10 heteroatoms. The van der Waals surface area contributed by atoms with Gasteiger partial charge in [-0.2, -0.15) is 0 Å². The SMILES string of the molecule is CC1(C)O[C@H]2O[C@@H]([C@@H](C[N+](=O)[O-])C3=C(O)c4ccccc4C(=O)C3=O)[C@H](OCc3ccccc3)[C@H]2O1. The Bertz CT molecular complexity index is 1240. The molecule has 1 N–H and O–H groups in total. The molecule has 188 valence electrons. The molecule has 5 atom stereocenters. The number of carbonyl (C=O) groups is 2. The Labute approximate surface area is 206 Å². The summed E-state index contributed by atoms with van der Waals surface area (Å²) < 4.78 is 24.1. The van der Waals surface area contributed by atoms with Crippen molar-refractivity contribution in [3.8, 4) is 0 Å². The van der Waals surface area contributed by atoms with Crippen molar-refractivity contribution >= 4 is 17.3 Å². The number of hydrogen-bond acceptors (Lipinski definition) is 9. The number of nitrogens with zero attached hydrogens (tertiary/aromatic N) is 1. The lowest BCUT2D eigenvalue weighted by atomic mass is 9.79. The van der Waals surface area contributed by atoms with Crippen molar-refractivity contribution in [1.29, 1.82) is 0 Å². The first-order valence-electron chi connectivity index (χ1n) is 11.6. The van der Waals surface area contributed by atoms with Gasteiger partial charge in [-0.05, 0) is 19.4 Å². The van der Waals surface area contributed by atoms with Gasteiger partial charge >= 0.3 is 0 Å². The highest BCUT2D eigenvalue weighted by Gasteiger charge is 2.59. The summed E-state index contributed by atoms with van der Waals surface area (Å²) in [6.45, 7) is 2.78. The molecule has 0 saturated carbocycles. The van der Waals surface area contributed by atoms with Crippen molar-refractivity contribution < 1.29 is 38.6 Å². The van der Waals surface area contributed by atoms with Crippen molar-refractivity contribution in [3.63, 3.8) is 0 Å². The van der Waals surface area contributed by atoms with E-state index in [-0.39, 0.29) is 23.3 Å². The average molecular weight is 495 g/mol. The van der Waals surface area contributed by atoms with Crippen LogP contribution in [0.3, 0.4) is 0 Å². The number of benzene rings is 2. The van der Waals surface area contributed by atoms with E-state index in [9.17, 15) is 24.8 Å². The van der Waals surface area contributed by atoms with Crippen molar-refractivity contribution in [3.05, 3.63) is 87.0 Å². The van der Waals surface area contributed by atoms with Gasteiger partial charge in [0.15, 0.2) is 12.1 Å². The smallest absolute Gasteiger partial charge is 0.234 e. The zero-order valence-electron chi connectivity index (χ0n) is 19.7. The lowest BCUT2D eigenvalue weighted by molar-refractivity contribution is -0.489. The van der Waals surface area contributed by atoms with Crippen molar-refractivity contribution in [2.45, 2.75) is 50.8 Å². The molecule has 10 nitrogen and oxygen atoms in total. The molecule has 2 saturated heterocycles. The van der Waals surface area contributed by atoms with Gasteiger partial charge in [0.05, 0.1) is 18.1 Å². The van der Waals surface area contributed by atoms with Crippen LogP contribution in [0.4, 0.5) is 0 Å². The van der Waals surface area contributed by atoms with Crippen LogP contribution in [0.2, 0.25) is 0 Å². The van der Waals surface area contributed by atoms with Crippen LogP contribution < -0.4 is 0 Å². The summed E-state index contributed by atoms with van der Waals surface area (Å²) in [7, 11) is 0. The number of nitro groups is 1. The van der Waals surface area contributed by atoms with Gasteiger partial charge in [-0.1, -0.05) is 54.6 Å². The zero-order valence-corrected chi connectivity index (χ0v) is 19.7. The molecule has 2 aliphatic heterocycles. The minimum absolute atomic E-state index is 0.0399. The number of ketones is 2. The number of hydrogen-bond donors (Lipinski definition) is 1. The number of rotatable bonds is 7. The van der Waals surface area contributed by atoms with Crippen LogP contribution in [-0.4, -0.2) is 58.5 Å². The maximum Gasteiger partial charge on any atom is 0.234 e. The van der Waals surface area contributed by atoms with Gasteiger partial charge in [0, 0.05) is 16.1 Å². The lowest BCUT2D eigenvalue weighted by Crippen LogP contribution is -2.45. The monoisotopic (exact) mass is 495 g/mol. The molecular formula is C26H25NO9. The first kappa shape index (κ1) is 24.3. The van der Waals surface area contributed by atoms with E-state index >= 15 is 0 Å². The third kappa shape index (κ3) is 4.33. The first-order valence-corrected chi connectivity index (χ1v) is 11.6. The van der Waals surface area contributed by atoms with Gasteiger partial charge in [-0.25, -0.2) is 0 Å². The number of ether oxygens (including phenoxy) is 4. The molecule has 0 spiro atoms. The summed E-state index contributed by atoms with van der Waals surface area (Å²) >= 11 is 0. The minimum atomic E-state index is -1.30. The molecule has 0 aromatic heterocycles. The normalized spacial score (nSPS) is 27.6. The topological polar surface area (TPSA) is 134 Å². The Balaban J connectivity index is 1.55. The van der Waals surface area contributed by atoms with Gasteiger partial charge in [-0.3, -0.25) is 19.7 Å². The summed E-state index contributed by atoms with van der Waals surface area (Å²) in [4.78, 5) is 37.2. The zero-order chi connectivity index (χ0) is 25.6. The molecule has 0 bridgehead atoms. The predicted octanol–water partition coefficient (Wildman–Crippen LogP) is 3.08. The predicted molar refractivity (Wildman–Crippen MR) is 124 cm³/mol. The summed E-state index contributed by atoms with van der Waals surface area (Å²) in [5, 5.41) is 22.8. The number of aliphatic hydroxyl groups excluding tert-OH is 1. The summed E-state index contributed by atoms with van der Waals surface area (Å²) in [6.07, 6.45) is -3.65. The maximum atomic E-state index is 13.2. The fourth-order valence-corrected chi connectivity index (χ4v) is 5.03. The van der Waals surface area contributed by atoms with Crippen LogP contribution >= 0.6 is 0 Å². The highest BCUT2D eigenvalue weighted by Crippen LogP contribution is 2.44. The number of aliphatic hydroxyl groups is 1. The van der Waals surface area contributed by atoms with Crippen LogP contribution in [0.5, 0.6) is 0 Å². The molecule has 2 fully saturated rings. The molecule has 0 radical (unpaired) electrons. The quantitative estimate of drug-likeness (QED) is 0.349. The third-order valence-electron chi connectivity index (χ3n) is 6.56. The lowest BCUT2D eigenvalue weighted by Gasteiger charge is -2.31. The molecule has 1 aliphatic carbocycles. The standard InChI is InChI=1S/C26H25NO9/c1-26(2)35-24-23(33-13-14-8-4-3-5-9-14)22(34-25(24)36-26)17(12-27(31)32)18-19(28)15-10-6-7-11-16(15)20(29)21(18)30/h3-11,17,22-25,28H,12-13H2,1-2H3/t17-,22-,23-,24+,25+/m0/s1. The molecule has 2 aromatic rings.